The number of H-pyrrole nitrogens is 1. The number of aromatic nitrogens is 4. The normalized spacial score (nSPS) is 11.7. The summed E-state index contributed by atoms with van der Waals surface area (Å²) >= 11 is 5.86. The van der Waals surface area contributed by atoms with Crippen LogP contribution in [0.25, 0.3) is 11.3 Å². The van der Waals surface area contributed by atoms with Crippen molar-refractivity contribution in [2.24, 2.45) is 0 Å². The second kappa shape index (κ2) is 10.3. The molecule has 0 aliphatic carbocycles. The highest BCUT2D eigenvalue weighted by Gasteiger charge is 2.39. The van der Waals surface area contributed by atoms with Gasteiger partial charge in [-0.1, -0.05) is 23.7 Å². The first-order valence-corrected chi connectivity index (χ1v) is 11.0. The molecule has 0 spiro atoms. The molecule has 8 nitrogen and oxygen atoms in total. The molecule has 0 saturated heterocycles. The standard InChI is InChI=1S/C24H12ClF6N5O3/c25-16-5-12(9-32)6-17(8-16)39-19-20(24(29,30)31)33-11-36(22(19)38)10-14-7-18(34-35-21(14)37)13-1-3-15(4-2-13)23(26,27)28/h1-8,11H,10H2,(H,35,37). The van der Waals surface area contributed by atoms with Crippen molar-refractivity contribution in [2.75, 3.05) is 0 Å². The molecule has 0 atom stereocenters. The summed E-state index contributed by atoms with van der Waals surface area (Å²) in [6, 6.07) is 10.1. The quantitative estimate of drug-likeness (QED) is 0.323. The van der Waals surface area contributed by atoms with E-state index >= 15 is 0 Å². The van der Waals surface area contributed by atoms with Crippen LogP contribution in [0.1, 0.15) is 22.4 Å². The molecular weight excluding hydrogens is 556 g/mol. The van der Waals surface area contributed by atoms with Gasteiger partial charge in [-0.15, -0.1) is 0 Å². The lowest BCUT2D eigenvalue weighted by Gasteiger charge is -2.15. The lowest BCUT2D eigenvalue weighted by atomic mass is 10.1. The van der Waals surface area contributed by atoms with E-state index in [1.165, 1.54) is 12.1 Å². The smallest absolute Gasteiger partial charge is 0.437 e. The van der Waals surface area contributed by atoms with Crippen molar-refractivity contribution in [3.8, 4) is 28.8 Å². The molecule has 4 aromatic rings. The van der Waals surface area contributed by atoms with Gasteiger partial charge < -0.3 is 4.74 Å². The molecule has 0 aliphatic rings. The van der Waals surface area contributed by atoms with E-state index in [2.05, 4.69) is 15.2 Å². The van der Waals surface area contributed by atoms with Crippen molar-refractivity contribution < 1.29 is 31.1 Å². The first-order valence-electron chi connectivity index (χ1n) is 10.6. The van der Waals surface area contributed by atoms with Gasteiger partial charge in [0.05, 0.1) is 35.8 Å². The highest BCUT2D eigenvalue weighted by Crippen LogP contribution is 2.35. The van der Waals surface area contributed by atoms with Gasteiger partial charge in [-0.3, -0.25) is 14.2 Å². The SMILES string of the molecule is N#Cc1cc(Cl)cc(Oc2c(C(F)(F)F)ncn(Cc3cc(-c4ccc(C(F)(F)F)cc4)n[nH]c3=O)c2=O)c1. The molecule has 0 unspecified atom stereocenters. The summed E-state index contributed by atoms with van der Waals surface area (Å²) < 4.78 is 85.3. The molecule has 0 saturated carbocycles. The van der Waals surface area contributed by atoms with E-state index in [-0.39, 0.29) is 33.2 Å². The van der Waals surface area contributed by atoms with Gasteiger partial charge in [0.1, 0.15) is 5.75 Å². The summed E-state index contributed by atoms with van der Waals surface area (Å²) in [4.78, 5) is 28.7. The van der Waals surface area contributed by atoms with Crippen molar-refractivity contribution in [1.29, 1.82) is 5.26 Å². The maximum atomic E-state index is 13.6. The van der Waals surface area contributed by atoms with Crippen molar-refractivity contribution >= 4 is 11.6 Å². The summed E-state index contributed by atoms with van der Waals surface area (Å²) in [6.45, 7) is -0.592. The molecule has 0 bridgehead atoms. The number of hydrogen-bond acceptors (Lipinski definition) is 6. The third-order valence-corrected chi connectivity index (χ3v) is 5.43. The van der Waals surface area contributed by atoms with Crippen LogP contribution in [-0.2, 0) is 18.9 Å². The lowest BCUT2D eigenvalue weighted by Crippen LogP contribution is -2.28. The van der Waals surface area contributed by atoms with Gasteiger partial charge in [0, 0.05) is 16.1 Å². The Balaban J connectivity index is 1.74. The summed E-state index contributed by atoms with van der Waals surface area (Å²) in [5.74, 6) is -1.57. The summed E-state index contributed by atoms with van der Waals surface area (Å²) in [7, 11) is 0. The van der Waals surface area contributed by atoms with Crippen LogP contribution in [0, 0.1) is 11.3 Å². The van der Waals surface area contributed by atoms with Crippen LogP contribution in [0.4, 0.5) is 26.3 Å². The largest absolute Gasteiger partial charge is 0.449 e. The van der Waals surface area contributed by atoms with Crippen molar-refractivity contribution in [3.05, 3.63) is 103 Å². The monoisotopic (exact) mass is 567 g/mol. The number of aromatic amines is 1. The lowest BCUT2D eigenvalue weighted by molar-refractivity contribution is -0.142. The average Bonchev–Trinajstić information content (AvgIpc) is 2.86. The van der Waals surface area contributed by atoms with E-state index in [1.807, 2.05) is 0 Å². The fourth-order valence-corrected chi connectivity index (χ4v) is 3.63. The van der Waals surface area contributed by atoms with Gasteiger partial charge in [0.2, 0.25) is 5.75 Å². The van der Waals surface area contributed by atoms with Crippen molar-refractivity contribution in [3.63, 3.8) is 0 Å². The molecule has 15 heteroatoms. The van der Waals surface area contributed by atoms with E-state index in [4.69, 9.17) is 21.6 Å². The van der Waals surface area contributed by atoms with Gasteiger partial charge >= 0.3 is 12.4 Å². The number of nitriles is 1. The zero-order chi connectivity index (χ0) is 28.5. The number of hydrogen-bond donors (Lipinski definition) is 1. The molecule has 2 aromatic heterocycles. The van der Waals surface area contributed by atoms with Crippen molar-refractivity contribution in [1.82, 2.24) is 19.7 Å². The minimum Gasteiger partial charge on any atom is -0.449 e. The Bertz CT molecular complexity index is 1710. The highest BCUT2D eigenvalue weighted by atomic mass is 35.5. The Labute approximate surface area is 218 Å². The minimum atomic E-state index is -5.10. The Morgan fingerprint density at radius 3 is 2.31 bits per heavy atom. The van der Waals surface area contributed by atoms with Gasteiger partial charge in [-0.25, -0.2) is 10.1 Å². The molecule has 1 N–H and O–H groups in total. The second-order valence-corrected chi connectivity index (χ2v) is 8.36. The molecule has 2 aromatic carbocycles. The predicted molar refractivity (Wildman–Crippen MR) is 124 cm³/mol. The number of rotatable bonds is 5. The van der Waals surface area contributed by atoms with Crippen LogP contribution in [0.15, 0.2) is 64.4 Å². The first kappa shape index (κ1) is 27.4. The molecule has 200 valence electrons. The van der Waals surface area contributed by atoms with Crippen LogP contribution in [0.5, 0.6) is 11.5 Å². The van der Waals surface area contributed by atoms with Crippen LogP contribution >= 0.6 is 11.6 Å². The number of nitrogens with one attached hydrogen (secondary N) is 1. The number of ether oxygens (including phenoxy) is 1. The zero-order valence-electron chi connectivity index (χ0n) is 19.1. The minimum absolute atomic E-state index is 0.0330. The van der Waals surface area contributed by atoms with Crippen LogP contribution in [-0.4, -0.2) is 19.7 Å². The van der Waals surface area contributed by atoms with Gasteiger partial charge in [0.25, 0.3) is 11.1 Å². The first-order chi connectivity index (χ1) is 18.3. The predicted octanol–water partition coefficient (Wildman–Crippen LogP) is 5.40. The third-order valence-electron chi connectivity index (χ3n) is 5.21. The van der Waals surface area contributed by atoms with Crippen LogP contribution < -0.4 is 15.9 Å². The Hall–Kier alpha value is -4.64. The molecule has 2 heterocycles. The third kappa shape index (κ3) is 6.10. The fraction of sp³-hybridized carbons (Fsp3) is 0.125. The highest BCUT2D eigenvalue weighted by molar-refractivity contribution is 6.30. The Kier molecular flexibility index (Phi) is 7.21. The molecule has 0 aliphatic heterocycles. The topological polar surface area (TPSA) is 114 Å². The maximum Gasteiger partial charge on any atom is 0.437 e. The van der Waals surface area contributed by atoms with Gasteiger partial charge in [-0.05, 0) is 36.4 Å². The molecule has 0 radical (unpaired) electrons. The van der Waals surface area contributed by atoms with Crippen LogP contribution in [0.2, 0.25) is 5.02 Å². The zero-order valence-corrected chi connectivity index (χ0v) is 19.8. The van der Waals surface area contributed by atoms with E-state index in [0.29, 0.717) is 10.9 Å². The van der Waals surface area contributed by atoms with E-state index in [9.17, 15) is 35.9 Å². The number of nitrogens with zero attached hydrogens (tertiary/aromatic N) is 4. The maximum absolute atomic E-state index is 13.6. The number of halogens is 7. The van der Waals surface area contributed by atoms with Crippen molar-refractivity contribution in [2.45, 2.75) is 18.9 Å². The molecule has 0 amide bonds. The molecule has 4 rings (SSSR count). The van der Waals surface area contributed by atoms with Crippen LogP contribution in [0.3, 0.4) is 0 Å². The van der Waals surface area contributed by atoms with E-state index < -0.39 is 47.0 Å². The Morgan fingerprint density at radius 2 is 1.69 bits per heavy atom. The summed E-state index contributed by atoms with van der Waals surface area (Å²) in [6.07, 6.45) is -9.11. The molecular formula is C24H12ClF6N5O3. The molecule has 39 heavy (non-hydrogen) atoms. The average molecular weight is 568 g/mol. The molecule has 0 fully saturated rings. The van der Waals surface area contributed by atoms with E-state index in [0.717, 1.165) is 36.4 Å². The van der Waals surface area contributed by atoms with Gasteiger partial charge in [0.15, 0.2) is 5.69 Å². The fourth-order valence-electron chi connectivity index (χ4n) is 3.41. The summed E-state index contributed by atoms with van der Waals surface area (Å²) in [5.41, 5.74) is -4.68. The number of benzene rings is 2. The van der Waals surface area contributed by atoms with E-state index in [1.54, 1.807) is 6.07 Å². The second-order valence-electron chi connectivity index (χ2n) is 7.93. The number of alkyl halides is 6. The van der Waals surface area contributed by atoms with Gasteiger partial charge in [-0.2, -0.15) is 36.7 Å². The summed E-state index contributed by atoms with van der Waals surface area (Å²) in [5, 5.41) is 14.9. The Morgan fingerprint density at radius 1 is 1.00 bits per heavy atom.